The van der Waals surface area contributed by atoms with Gasteiger partial charge in [-0.2, -0.15) is 0 Å². The van der Waals surface area contributed by atoms with Crippen LogP contribution in [0.1, 0.15) is 28.2 Å². The first-order valence-corrected chi connectivity index (χ1v) is 11.7. The van der Waals surface area contributed by atoms with E-state index in [9.17, 15) is 19.5 Å². The van der Waals surface area contributed by atoms with Gasteiger partial charge in [0.05, 0.1) is 21.1 Å². The number of aromatic amines is 1. The first-order valence-electron chi connectivity index (χ1n) is 10.9. The minimum absolute atomic E-state index is 0.0453. The second-order valence-electron chi connectivity index (χ2n) is 8.00. The summed E-state index contributed by atoms with van der Waals surface area (Å²) in [6, 6.07) is 19.4. The number of H-pyrrole nitrogens is 1. The molecule has 0 aliphatic carbocycles. The zero-order chi connectivity index (χ0) is 25.7. The summed E-state index contributed by atoms with van der Waals surface area (Å²) in [4.78, 5) is 46.5. The average molecular weight is 526 g/mol. The minimum atomic E-state index is -1.50. The summed E-state index contributed by atoms with van der Waals surface area (Å²) in [5.74, 6) is -2.01. The predicted molar refractivity (Wildman–Crippen MR) is 135 cm³/mol. The largest absolute Gasteiger partial charge is 0.480 e. The number of halogens is 2. The van der Waals surface area contributed by atoms with Crippen molar-refractivity contribution in [3.8, 4) is 0 Å². The maximum absolute atomic E-state index is 13.1. The number of nitrogens with zero attached hydrogens (tertiary/aromatic N) is 2. The summed E-state index contributed by atoms with van der Waals surface area (Å²) < 4.78 is 5.41. The van der Waals surface area contributed by atoms with E-state index in [1.165, 1.54) is 12.1 Å². The first kappa shape index (κ1) is 25.2. The summed E-state index contributed by atoms with van der Waals surface area (Å²) >= 11 is 12.1. The molecule has 0 fully saturated rings. The fraction of sp³-hybridized carbons (Fsp3) is 0.154. The van der Waals surface area contributed by atoms with Crippen molar-refractivity contribution in [2.24, 2.45) is 0 Å². The number of carboxylic acids is 1. The van der Waals surface area contributed by atoms with Crippen molar-refractivity contribution in [2.75, 3.05) is 0 Å². The quantitative estimate of drug-likeness (QED) is 0.269. The lowest BCUT2D eigenvalue weighted by Gasteiger charge is -2.28. The third-order valence-electron chi connectivity index (χ3n) is 5.46. The van der Waals surface area contributed by atoms with Crippen molar-refractivity contribution < 1.29 is 24.2 Å². The molecule has 184 valence electrons. The lowest BCUT2D eigenvalue weighted by molar-refractivity contribution is -0.143. The van der Waals surface area contributed by atoms with Crippen LogP contribution in [0.25, 0.3) is 11.0 Å². The maximum atomic E-state index is 13.1. The van der Waals surface area contributed by atoms with E-state index in [1.54, 1.807) is 54.6 Å². The number of benzene rings is 3. The van der Waals surface area contributed by atoms with Crippen LogP contribution in [0.15, 0.2) is 72.8 Å². The Morgan fingerprint density at radius 3 is 2.19 bits per heavy atom. The topological polar surface area (TPSA) is 113 Å². The Morgan fingerprint density at radius 1 is 0.944 bits per heavy atom. The van der Waals surface area contributed by atoms with Gasteiger partial charge in [-0.1, -0.05) is 83.9 Å². The van der Waals surface area contributed by atoms with Crippen molar-refractivity contribution in [3.05, 3.63) is 99.8 Å². The molecule has 0 saturated carbocycles. The third-order valence-corrected chi connectivity index (χ3v) is 6.19. The molecule has 1 heterocycles. The number of aliphatic carboxylic acids is 1. The highest BCUT2D eigenvalue weighted by molar-refractivity contribution is 6.42. The molecule has 1 atom stereocenters. The Bertz CT molecular complexity index is 1350. The number of nitrogens with one attached hydrogen (secondary N) is 1. The van der Waals surface area contributed by atoms with E-state index in [1.807, 2.05) is 6.07 Å². The Kier molecular flexibility index (Phi) is 7.87. The summed E-state index contributed by atoms with van der Waals surface area (Å²) in [7, 11) is 0. The molecule has 2 N–H and O–H groups in total. The second kappa shape index (κ2) is 11.2. The van der Waals surface area contributed by atoms with Crippen molar-refractivity contribution in [2.45, 2.75) is 25.6 Å². The van der Waals surface area contributed by atoms with Crippen molar-refractivity contribution >= 4 is 52.1 Å². The van der Waals surface area contributed by atoms with Gasteiger partial charge in [0, 0.05) is 13.0 Å². The highest BCUT2D eigenvalue weighted by Gasteiger charge is 2.34. The van der Waals surface area contributed by atoms with Crippen molar-refractivity contribution in [1.82, 2.24) is 14.9 Å². The van der Waals surface area contributed by atoms with E-state index < -0.39 is 30.3 Å². The number of imidazole rings is 1. The SMILES string of the molecule is O=C(C[C@H](C(=O)O)N(Cc1ccccc1)C(=O)OCc1ccccc1)c1nc2cc(Cl)c(Cl)cc2[nH]1. The number of amides is 1. The molecule has 4 aromatic rings. The number of rotatable bonds is 9. The van der Waals surface area contributed by atoms with E-state index >= 15 is 0 Å². The normalized spacial score (nSPS) is 11.7. The molecule has 0 aliphatic heterocycles. The second-order valence-corrected chi connectivity index (χ2v) is 8.82. The Hall–Kier alpha value is -3.88. The molecule has 10 heteroatoms. The molecule has 4 rings (SSSR count). The number of carbonyl (C=O) groups is 3. The Balaban J connectivity index is 1.58. The van der Waals surface area contributed by atoms with Crippen LogP contribution < -0.4 is 0 Å². The van der Waals surface area contributed by atoms with Crippen molar-refractivity contribution in [1.29, 1.82) is 0 Å². The summed E-state index contributed by atoms with van der Waals surface area (Å²) in [5, 5.41) is 10.6. The number of fused-ring (bicyclic) bond motifs is 1. The van der Waals surface area contributed by atoms with Crippen LogP contribution >= 0.6 is 23.2 Å². The standard InChI is InChI=1S/C26H21Cl2N3O5/c27-18-11-20-21(12-19(18)28)30-24(29-20)23(32)13-22(25(33)34)31(14-16-7-3-1-4-8-16)26(35)36-15-17-9-5-2-6-10-17/h1-12,22H,13-15H2,(H,29,30)(H,33,34)/t22-/m1/s1. The molecule has 8 nitrogen and oxygen atoms in total. The van der Waals surface area contributed by atoms with Gasteiger partial charge in [0.15, 0.2) is 5.82 Å². The molecule has 0 unspecified atom stereocenters. The number of aromatic nitrogens is 2. The molecule has 0 radical (unpaired) electrons. The fourth-order valence-electron chi connectivity index (χ4n) is 3.62. The van der Waals surface area contributed by atoms with Gasteiger partial charge in [0.25, 0.3) is 0 Å². The van der Waals surface area contributed by atoms with Crippen LogP contribution in [0.3, 0.4) is 0 Å². The summed E-state index contributed by atoms with van der Waals surface area (Å²) in [5.41, 5.74) is 2.31. The van der Waals surface area contributed by atoms with Crippen molar-refractivity contribution in [3.63, 3.8) is 0 Å². The molecule has 1 aromatic heterocycles. The highest BCUT2D eigenvalue weighted by Crippen LogP contribution is 2.27. The van der Waals surface area contributed by atoms with Crippen LogP contribution in [0.2, 0.25) is 10.0 Å². The monoisotopic (exact) mass is 525 g/mol. The van der Waals surface area contributed by atoms with Gasteiger partial charge in [-0.15, -0.1) is 0 Å². The van der Waals surface area contributed by atoms with E-state index in [2.05, 4.69) is 9.97 Å². The van der Waals surface area contributed by atoms with Crippen LogP contribution in [0.4, 0.5) is 4.79 Å². The van der Waals surface area contributed by atoms with E-state index in [4.69, 9.17) is 27.9 Å². The van der Waals surface area contributed by atoms with E-state index in [0.717, 1.165) is 10.5 Å². The fourth-order valence-corrected chi connectivity index (χ4v) is 3.95. The van der Waals surface area contributed by atoms with Crippen LogP contribution in [0.5, 0.6) is 0 Å². The highest BCUT2D eigenvalue weighted by atomic mass is 35.5. The number of carbonyl (C=O) groups excluding carboxylic acids is 2. The van der Waals surface area contributed by atoms with Gasteiger partial charge in [-0.05, 0) is 23.3 Å². The predicted octanol–water partition coefficient (Wildman–Crippen LogP) is 5.73. The Morgan fingerprint density at radius 2 is 1.56 bits per heavy atom. The average Bonchev–Trinajstić information content (AvgIpc) is 3.28. The van der Waals surface area contributed by atoms with Crippen LogP contribution in [-0.2, 0) is 22.7 Å². The molecule has 0 bridgehead atoms. The number of hydrogen-bond acceptors (Lipinski definition) is 5. The lowest BCUT2D eigenvalue weighted by atomic mass is 10.1. The molecule has 0 saturated heterocycles. The van der Waals surface area contributed by atoms with Gasteiger partial charge in [-0.3, -0.25) is 9.69 Å². The van der Waals surface area contributed by atoms with E-state index in [-0.39, 0.29) is 29.0 Å². The minimum Gasteiger partial charge on any atom is -0.480 e. The third kappa shape index (κ3) is 6.02. The number of hydrogen-bond donors (Lipinski definition) is 2. The van der Waals surface area contributed by atoms with Gasteiger partial charge >= 0.3 is 12.1 Å². The lowest BCUT2D eigenvalue weighted by Crippen LogP contribution is -2.46. The van der Waals surface area contributed by atoms with Gasteiger partial charge in [0.1, 0.15) is 12.6 Å². The number of ketones is 1. The molecule has 0 spiro atoms. The molecular formula is C26H21Cl2N3O5. The van der Waals surface area contributed by atoms with Gasteiger partial charge in [-0.25, -0.2) is 14.6 Å². The van der Waals surface area contributed by atoms with Gasteiger partial charge in [0.2, 0.25) is 5.78 Å². The van der Waals surface area contributed by atoms with Crippen LogP contribution in [-0.4, -0.2) is 43.9 Å². The zero-order valence-electron chi connectivity index (χ0n) is 18.9. The summed E-state index contributed by atoms with van der Waals surface area (Å²) in [6.07, 6.45) is -1.38. The molecule has 36 heavy (non-hydrogen) atoms. The smallest absolute Gasteiger partial charge is 0.411 e. The number of Topliss-reactive ketones (excluding diaryl/α,β-unsaturated/α-hetero) is 1. The Labute approximate surface area is 216 Å². The molecule has 1 amide bonds. The number of ether oxygens (including phenoxy) is 1. The van der Waals surface area contributed by atoms with Gasteiger partial charge < -0.3 is 14.8 Å². The molecule has 0 aliphatic rings. The number of carboxylic acid groups (broad SMARTS) is 1. The molecular weight excluding hydrogens is 505 g/mol. The first-order chi connectivity index (χ1) is 17.3. The zero-order valence-corrected chi connectivity index (χ0v) is 20.4. The summed E-state index contributed by atoms with van der Waals surface area (Å²) in [6.45, 7) is -0.111. The molecule has 3 aromatic carbocycles. The van der Waals surface area contributed by atoms with E-state index in [0.29, 0.717) is 16.6 Å². The van der Waals surface area contributed by atoms with Crippen LogP contribution in [0, 0.1) is 0 Å². The maximum Gasteiger partial charge on any atom is 0.411 e.